The van der Waals surface area contributed by atoms with Crippen LogP contribution in [0.2, 0.25) is 0 Å². The summed E-state index contributed by atoms with van der Waals surface area (Å²) in [5.74, 6) is 0.320. The lowest BCUT2D eigenvalue weighted by Gasteiger charge is -2.06. The molecular weight excluding hydrogens is 164 g/mol. The van der Waals surface area contributed by atoms with Crippen LogP contribution in [0.25, 0.3) is 0 Å². The molecule has 0 amide bonds. The molecule has 1 N–H and O–H groups in total. The van der Waals surface area contributed by atoms with Crippen LogP contribution in [0.3, 0.4) is 0 Å². The molecule has 0 aromatic heterocycles. The van der Waals surface area contributed by atoms with Crippen molar-refractivity contribution in [2.45, 2.75) is 26.7 Å². The molecule has 0 fully saturated rings. The van der Waals surface area contributed by atoms with E-state index in [2.05, 4.69) is 0 Å². The van der Waals surface area contributed by atoms with E-state index in [1.807, 2.05) is 19.9 Å². The fraction of sp³-hybridized carbons (Fsp3) is 0.364. The quantitative estimate of drug-likeness (QED) is 0.720. The maximum absolute atomic E-state index is 10.2. The van der Waals surface area contributed by atoms with Gasteiger partial charge in [0, 0.05) is 6.42 Å². The highest BCUT2D eigenvalue weighted by Crippen LogP contribution is 2.22. The lowest BCUT2D eigenvalue weighted by molar-refractivity contribution is -0.107. The fourth-order valence-electron chi connectivity index (χ4n) is 1.28. The average Bonchev–Trinajstić information content (AvgIpc) is 2.10. The summed E-state index contributed by atoms with van der Waals surface area (Å²) in [6.07, 6.45) is 2.12. The van der Waals surface area contributed by atoms with E-state index in [4.69, 9.17) is 0 Å². The maximum atomic E-state index is 10.2. The van der Waals surface area contributed by atoms with Gasteiger partial charge in [-0.1, -0.05) is 6.07 Å². The summed E-state index contributed by atoms with van der Waals surface area (Å²) in [5.41, 5.74) is 3.00. The second kappa shape index (κ2) is 4.08. The van der Waals surface area contributed by atoms with Crippen molar-refractivity contribution in [1.82, 2.24) is 0 Å². The van der Waals surface area contributed by atoms with E-state index >= 15 is 0 Å². The Morgan fingerprint density at radius 3 is 2.62 bits per heavy atom. The Morgan fingerprint density at radius 1 is 1.38 bits per heavy atom. The van der Waals surface area contributed by atoms with E-state index in [1.54, 1.807) is 6.07 Å². The third-order valence-corrected chi connectivity index (χ3v) is 2.25. The molecule has 0 unspecified atom stereocenters. The van der Waals surface area contributed by atoms with Gasteiger partial charge in [0.25, 0.3) is 0 Å². The summed E-state index contributed by atoms with van der Waals surface area (Å²) < 4.78 is 0. The van der Waals surface area contributed by atoms with Crippen molar-refractivity contribution in [2.75, 3.05) is 0 Å². The first kappa shape index (κ1) is 9.78. The summed E-state index contributed by atoms with van der Waals surface area (Å²) >= 11 is 0. The number of phenolic OH excluding ortho intramolecular Hbond substituents is 1. The van der Waals surface area contributed by atoms with Gasteiger partial charge < -0.3 is 9.90 Å². The van der Waals surface area contributed by atoms with Gasteiger partial charge in [-0.25, -0.2) is 0 Å². The van der Waals surface area contributed by atoms with Crippen molar-refractivity contribution < 1.29 is 9.90 Å². The van der Waals surface area contributed by atoms with Crippen LogP contribution in [-0.4, -0.2) is 11.4 Å². The van der Waals surface area contributed by atoms with Gasteiger partial charge in [-0.3, -0.25) is 0 Å². The summed E-state index contributed by atoms with van der Waals surface area (Å²) in [4.78, 5) is 10.2. The van der Waals surface area contributed by atoms with Crippen LogP contribution >= 0.6 is 0 Å². The highest BCUT2D eigenvalue weighted by molar-refractivity contribution is 5.51. The second-order valence-electron chi connectivity index (χ2n) is 3.26. The van der Waals surface area contributed by atoms with Crippen LogP contribution < -0.4 is 0 Å². The van der Waals surface area contributed by atoms with E-state index in [0.29, 0.717) is 18.6 Å². The van der Waals surface area contributed by atoms with Gasteiger partial charge in [0.05, 0.1) is 0 Å². The number of aldehydes is 1. The SMILES string of the molecule is Cc1cc(CCC=O)cc(O)c1C. The van der Waals surface area contributed by atoms with Crippen molar-refractivity contribution in [1.29, 1.82) is 0 Å². The molecule has 2 heteroatoms. The molecule has 1 aromatic carbocycles. The lowest BCUT2D eigenvalue weighted by Crippen LogP contribution is -1.90. The minimum absolute atomic E-state index is 0.320. The van der Waals surface area contributed by atoms with E-state index < -0.39 is 0 Å². The number of aryl methyl sites for hydroxylation is 2. The van der Waals surface area contributed by atoms with Crippen LogP contribution in [0.15, 0.2) is 12.1 Å². The van der Waals surface area contributed by atoms with Crippen LogP contribution in [0.1, 0.15) is 23.1 Å². The number of hydrogen-bond donors (Lipinski definition) is 1. The molecule has 0 saturated heterocycles. The summed E-state index contributed by atoms with van der Waals surface area (Å²) in [6, 6.07) is 3.74. The predicted molar refractivity (Wildman–Crippen MR) is 52.0 cm³/mol. The molecule has 0 aliphatic heterocycles. The minimum atomic E-state index is 0.320. The molecule has 0 spiro atoms. The Hall–Kier alpha value is -1.31. The molecule has 0 atom stereocenters. The number of aromatic hydroxyl groups is 1. The van der Waals surface area contributed by atoms with E-state index in [0.717, 1.165) is 23.0 Å². The fourth-order valence-corrected chi connectivity index (χ4v) is 1.28. The third-order valence-electron chi connectivity index (χ3n) is 2.25. The summed E-state index contributed by atoms with van der Waals surface area (Å²) in [7, 11) is 0. The minimum Gasteiger partial charge on any atom is -0.508 e. The molecule has 0 aliphatic rings. The van der Waals surface area contributed by atoms with Crippen LogP contribution in [0.4, 0.5) is 0 Å². The Bertz CT molecular complexity index is 293. The normalized spacial score (nSPS) is 10.0. The van der Waals surface area contributed by atoms with Crippen LogP contribution in [0.5, 0.6) is 5.75 Å². The van der Waals surface area contributed by atoms with Gasteiger partial charge in [0.2, 0.25) is 0 Å². The molecule has 0 heterocycles. The van der Waals surface area contributed by atoms with Crippen LogP contribution in [-0.2, 0) is 11.2 Å². The number of phenols is 1. The van der Waals surface area contributed by atoms with Crippen molar-refractivity contribution >= 4 is 6.29 Å². The van der Waals surface area contributed by atoms with E-state index in [1.165, 1.54) is 0 Å². The molecule has 1 aromatic rings. The first-order valence-corrected chi connectivity index (χ1v) is 4.38. The van der Waals surface area contributed by atoms with Gasteiger partial charge in [0.15, 0.2) is 0 Å². The molecular formula is C11H14O2. The zero-order valence-corrected chi connectivity index (χ0v) is 8.00. The van der Waals surface area contributed by atoms with Crippen LogP contribution in [0, 0.1) is 13.8 Å². The zero-order chi connectivity index (χ0) is 9.84. The Kier molecular flexibility index (Phi) is 3.07. The maximum Gasteiger partial charge on any atom is 0.120 e. The average molecular weight is 178 g/mol. The summed E-state index contributed by atoms with van der Waals surface area (Å²) in [5, 5.41) is 9.49. The number of hydrogen-bond acceptors (Lipinski definition) is 2. The smallest absolute Gasteiger partial charge is 0.120 e. The topological polar surface area (TPSA) is 37.3 Å². The summed E-state index contributed by atoms with van der Waals surface area (Å²) in [6.45, 7) is 3.84. The first-order valence-electron chi connectivity index (χ1n) is 4.38. The van der Waals surface area contributed by atoms with Crippen molar-refractivity contribution in [3.63, 3.8) is 0 Å². The standard InChI is InChI=1S/C11H14O2/c1-8-6-10(4-3-5-12)7-11(13)9(8)2/h5-7,13H,3-4H2,1-2H3. The van der Waals surface area contributed by atoms with Crippen molar-refractivity contribution in [3.8, 4) is 5.75 Å². The Labute approximate surface area is 78.2 Å². The Morgan fingerprint density at radius 2 is 2.08 bits per heavy atom. The van der Waals surface area contributed by atoms with Crippen molar-refractivity contribution in [3.05, 3.63) is 28.8 Å². The molecule has 0 bridgehead atoms. The van der Waals surface area contributed by atoms with Gasteiger partial charge in [-0.15, -0.1) is 0 Å². The molecule has 0 radical (unpaired) electrons. The van der Waals surface area contributed by atoms with Crippen molar-refractivity contribution in [2.24, 2.45) is 0 Å². The number of rotatable bonds is 3. The zero-order valence-electron chi connectivity index (χ0n) is 8.00. The number of carbonyl (C=O) groups excluding carboxylic acids is 1. The molecule has 70 valence electrons. The van der Waals surface area contributed by atoms with Gasteiger partial charge in [-0.2, -0.15) is 0 Å². The Balaban J connectivity index is 2.92. The monoisotopic (exact) mass is 178 g/mol. The van der Waals surface area contributed by atoms with E-state index in [-0.39, 0.29) is 0 Å². The van der Waals surface area contributed by atoms with Gasteiger partial charge in [-0.05, 0) is 43.0 Å². The number of carbonyl (C=O) groups is 1. The molecule has 2 nitrogen and oxygen atoms in total. The molecule has 13 heavy (non-hydrogen) atoms. The third kappa shape index (κ3) is 2.31. The molecule has 0 saturated carbocycles. The highest BCUT2D eigenvalue weighted by Gasteiger charge is 2.02. The predicted octanol–water partition coefficient (Wildman–Crippen LogP) is 2.14. The largest absolute Gasteiger partial charge is 0.508 e. The van der Waals surface area contributed by atoms with Gasteiger partial charge >= 0.3 is 0 Å². The second-order valence-corrected chi connectivity index (χ2v) is 3.26. The molecule has 1 rings (SSSR count). The van der Waals surface area contributed by atoms with E-state index in [9.17, 15) is 9.90 Å². The lowest BCUT2D eigenvalue weighted by atomic mass is 10.0. The first-order chi connectivity index (χ1) is 6.15. The van der Waals surface area contributed by atoms with Gasteiger partial charge in [0.1, 0.15) is 12.0 Å². The molecule has 0 aliphatic carbocycles. The highest BCUT2D eigenvalue weighted by atomic mass is 16.3. The number of benzene rings is 1.